The van der Waals surface area contributed by atoms with Crippen LogP contribution in [0.4, 0.5) is 10.5 Å². The van der Waals surface area contributed by atoms with Crippen molar-refractivity contribution in [2.45, 2.75) is 123 Å². The number of urea groups is 1. The van der Waals surface area contributed by atoms with Gasteiger partial charge in [0.2, 0.25) is 5.91 Å². The van der Waals surface area contributed by atoms with Crippen molar-refractivity contribution in [2.75, 3.05) is 18.4 Å². The number of benzene rings is 1. The zero-order valence-electron chi connectivity index (χ0n) is 33.4. The third-order valence-electron chi connectivity index (χ3n) is 11.8. The van der Waals surface area contributed by atoms with Gasteiger partial charge in [0.25, 0.3) is 5.91 Å². The second-order valence-corrected chi connectivity index (χ2v) is 17.2. The van der Waals surface area contributed by atoms with Gasteiger partial charge in [-0.2, -0.15) is 0 Å². The number of aromatic nitrogens is 2. The van der Waals surface area contributed by atoms with Crippen LogP contribution in [0.5, 0.6) is 0 Å². The molecule has 4 unspecified atom stereocenters. The Kier molecular flexibility index (Phi) is 14.9. The lowest BCUT2D eigenvalue weighted by Crippen LogP contribution is -2.51. The quantitative estimate of drug-likeness (QED) is 0.151. The summed E-state index contributed by atoms with van der Waals surface area (Å²) in [6.07, 6.45) is 10.7. The van der Waals surface area contributed by atoms with Crippen LogP contribution in [0, 0.1) is 35.0 Å². The highest BCUT2D eigenvalue weighted by atomic mass is 16.3. The summed E-state index contributed by atoms with van der Waals surface area (Å²) in [5.74, 6) is -3.64. The van der Waals surface area contributed by atoms with Crippen LogP contribution in [0.15, 0.2) is 48.9 Å². The number of nitrogens with zero attached hydrogens (tertiary/aromatic N) is 3. The van der Waals surface area contributed by atoms with Crippen molar-refractivity contribution in [3.05, 3.63) is 54.6 Å². The number of aliphatic hydroxyl groups is 1. The molecule has 3 fully saturated rings. The Morgan fingerprint density at radius 2 is 1.62 bits per heavy atom. The summed E-state index contributed by atoms with van der Waals surface area (Å²) in [7, 11) is 0. The Morgan fingerprint density at radius 3 is 2.25 bits per heavy atom. The van der Waals surface area contributed by atoms with E-state index in [0.29, 0.717) is 30.9 Å². The lowest BCUT2D eigenvalue weighted by Gasteiger charge is -2.34. The van der Waals surface area contributed by atoms with Gasteiger partial charge in [-0.3, -0.25) is 29.0 Å². The monoisotopic (exact) mass is 772 g/mol. The third-order valence-corrected chi connectivity index (χ3v) is 11.8. The van der Waals surface area contributed by atoms with Crippen LogP contribution < -0.4 is 16.0 Å². The lowest BCUT2D eigenvalue weighted by atomic mass is 9.74. The highest BCUT2D eigenvalue weighted by molar-refractivity contribution is 5.98. The number of anilines is 1. The van der Waals surface area contributed by atoms with Crippen LogP contribution in [0.3, 0.4) is 0 Å². The molecule has 0 bridgehead atoms. The van der Waals surface area contributed by atoms with Crippen molar-refractivity contribution in [1.29, 1.82) is 0 Å². The average molecular weight is 773 g/mol. The molecule has 1 aromatic carbocycles. The number of nitrogens with one attached hydrogen (secondary N) is 3. The van der Waals surface area contributed by atoms with Crippen LogP contribution in [0.25, 0.3) is 0 Å². The maximum absolute atomic E-state index is 14.4. The largest absolute Gasteiger partial charge is 0.385 e. The van der Waals surface area contributed by atoms with E-state index in [9.17, 15) is 33.9 Å². The summed E-state index contributed by atoms with van der Waals surface area (Å²) in [6, 6.07) is 6.93. The maximum atomic E-state index is 14.4. The van der Waals surface area contributed by atoms with Gasteiger partial charge in [-0.05, 0) is 67.4 Å². The van der Waals surface area contributed by atoms with Crippen LogP contribution in [0.2, 0.25) is 0 Å². The molecule has 6 atom stereocenters. The van der Waals surface area contributed by atoms with Crippen molar-refractivity contribution in [3.8, 4) is 0 Å². The second-order valence-electron chi connectivity index (χ2n) is 17.2. The van der Waals surface area contributed by atoms with Gasteiger partial charge in [0.05, 0.1) is 24.2 Å². The first kappa shape index (κ1) is 42.6. The van der Waals surface area contributed by atoms with E-state index in [1.165, 1.54) is 23.5 Å². The molecule has 1 aromatic heterocycles. The number of carbonyl (C=O) groups excluding carboxylic acids is 6. The molecule has 56 heavy (non-hydrogen) atoms. The van der Waals surface area contributed by atoms with E-state index in [1.54, 1.807) is 24.3 Å². The Hall–Kier alpha value is -4.52. The summed E-state index contributed by atoms with van der Waals surface area (Å²) < 4.78 is 0. The summed E-state index contributed by atoms with van der Waals surface area (Å²) in [4.78, 5) is 92.2. The van der Waals surface area contributed by atoms with Crippen LogP contribution >= 0.6 is 0 Å². The molecule has 1 saturated heterocycles. The molecule has 4 amide bonds. The van der Waals surface area contributed by atoms with E-state index in [2.05, 4.69) is 25.9 Å². The molecule has 0 spiro atoms. The first-order chi connectivity index (χ1) is 26.7. The number of ketones is 3. The molecular formula is C43H60N6O7. The predicted octanol–water partition coefficient (Wildman–Crippen LogP) is 5.53. The summed E-state index contributed by atoms with van der Waals surface area (Å²) >= 11 is 0. The van der Waals surface area contributed by atoms with E-state index in [1.807, 2.05) is 33.8 Å². The normalized spacial score (nSPS) is 21.0. The molecule has 1 aliphatic heterocycles. The van der Waals surface area contributed by atoms with Gasteiger partial charge in [0.1, 0.15) is 17.6 Å². The van der Waals surface area contributed by atoms with Gasteiger partial charge in [0, 0.05) is 56.4 Å². The number of hydrogen-bond acceptors (Lipinski definition) is 9. The number of amides is 4. The topological polar surface area (TPSA) is 188 Å². The van der Waals surface area contributed by atoms with Crippen molar-refractivity contribution >= 4 is 40.9 Å². The van der Waals surface area contributed by atoms with Gasteiger partial charge in [0.15, 0.2) is 11.6 Å². The molecule has 304 valence electrons. The SMILES string of the molecule is CCCC(CC(=O)[C@@H]1CN(C(=O)Nc2ccccc2)CC1NC(=O)C(CC(=O)[C@@H](NC(=O)c1cnccn1)C1CCCCC1)C(C)(C)C)C(O)C(=O)CC1CC1. The predicted molar refractivity (Wildman–Crippen MR) is 211 cm³/mol. The van der Waals surface area contributed by atoms with E-state index < -0.39 is 59.2 Å². The van der Waals surface area contributed by atoms with E-state index in [-0.39, 0.29) is 54.9 Å². The van der Waals surface area contributed by atoms with Gasteiger partial charge in [-0.15, -0.1) is 0 Å². The Labute approximate surface area is 330 Å². The minimum atomic E-state index is -1.26. The number of aliphatic hydroxyl groups excluding tert-OH is 1. The van der Waals surface area contributed by atoms with E-state index in [4.69, 9.17) is 0 Å². The van der Waals surface area contributed by atoms with Gasteiger partial charge < -0.3 is 26.0 Å². The van der Waals surface area contributed by atoms with Crippen molar-refractivity contribution in [2.24, 2.45) is 35.0 Å². The standard InChI is InChI=1S/C43H60N6O7/c1-5-12-29(39(53)37(52)21-27-17-18-27)22-35(50)31-25-49(42(56)46-30-15-10-7-11-16-30)26-34(31)47-40(54)32(43(2,3)4)23-36(51)38(28-13-8-6-9-14-28)48-41(55)33-24-44-19-20-45-33/h7,10-11,15-16,19-20,24,27-29,31-32,34,38-39,53H,5-6,8-9,12-14,17-18,21-23,25-26H2,1-4H3,(H,46,56)(H,47,54)(H,48,55)/t29?,31-,32?,34?,38+,39?/m1/s1. The molecular weight excluding hydrogens is 713 g/mol. The van der Waals surface area contributed by atoms with Crippen molar-refractivity contribution in [1.82, 2.24) is 25.5 Å². The molecule has 2 aliphatic carbocycles. The summed E-state index contributed by atoms with van der Waals surface area (Å²) in [5, 5.41) is 20.0. The number of rotatable bonds is 18. The summed E-state index contributed by atoms with van der Waals surface area (Å²) in [6.45, 7) is 7.66. The molecule has 2 saturated carbocycles. The number of likely N-dealkylation sites (tertiary alicyclic amines) is 1. The zero-order chi connectivity index (χ0) is 40.4. The first-order valence-corrected chi connectivity index (χ1v) is 20.5. The minimum absolute atomic E-state index is 0.0324. The highest BCUT2D eigenvalue weighted by Gasteiger charge is 2.45. The minimum Gasteiger partial charge on any atom is -0.385 e. The van der Waals surface area contributed by atoms with Crippen molar-refractivity contribution in [3.63, 3.8) is 0 Å². The molecule has 2 heterocycles. The van der Waals surface area contributed by atoms with Gasteiger partial charge in [-0.25, -0.2) is 9.78 Å². The fourth-order valence-electron chi connectivity index (χ4n) is 8.27. The van der Waals surface area contributed by atoms with Crippen LogP contribution in [0.1, 0.15) is 115 Å². The fourth-order valence-corrected chi connectivity index (χ4v) is 8.27. The van der Waals surface area contributed by atoms with Gasteiger partial charge >= 0.3 is 6.03 Å². The Morgan fingerprint density at radius 1 is 0.911 bits per heavy atom. The molecule has 0 radical (unpaired) electrons. The van der Waals surface area contributed by atoms with Crippen molar-refractivity contribution < 1.29 is 33.9 Å². The average Bonchev–Trinajstić information content (AvgIpc) is 3.90. The number of Topliss-reactive ketones (excluding diaryl/α,β-unsaturated/α-hetero) is 3. The molecule has 5 rings (SSSR count). The van der Waals surface area contributed by atoms with E-state index >= 15 is 0 Å². The highest BCUT2D eigenvalue weighted by Crippen LogP contribution is 2.36. The van der Waals surface area contributed by atoms with E-state index in [0.717, 1.165) is 44.9 Å². The lowest BCUT2D eigenvalue weighted by molar-refractivity contribution is -0.135. The second kappa shape index (κ2) is 19.6. The molecule has 3 aliphatic rings. The fraction of sp³-hybridized carbons (Fsp3) is 0.628. The molecule has 13 heteroatoms. The maximum Gasteiger partial charge on any atom is 0.321 e. The first-order valence-electron chi connectivity index (χ1n) is 20.5. The number of hydrogen-bond donors (Lipinski definition) is 4. The zero-order valence-corrected chi connectivity index (χ0v) is 33.4. The third kappa shape index (κ3) is 11.8. The number of para-hydroxylation sites is 1. The number of carbonyl (C=O) groups is 6. The summed E-state index contributed by atoms with van der Waals surface area (Å²) in [5.41, 5.74) is -0.00429. The Balaban J connectivity index is 1.35. The Bertz CT molecular complexity index is 1670. The van der Waals surface area contributed by atoms with Crippen LogP contribution in [-0.4, -0.2) is 86.4 Å². The van der Waals surface area contributed by atoms with Crippen LogP contribution in [-0.2, 0) is 19.2 Å². The molecule has 4 N–H and O–H groups in total. The smallest absolute Gasteiger partial charge is 0.321 e. The molecule has 13 nitrogen and oxygen atoms in total. The molecule has 2 aromatic rings. The van der Waals surface area contributed by atoms with Gasteiger partial charge in [-0.1, -0.05) is 71.6 Å².